The lowest BCUT2D eigenvalue weighted by molar-refractivity contribution is -0.120. The lowest BCUT2D eigenvalue weighted by Crippen LogP contribution is -2.34. The monoisotopic (exact) mass is 359 g/mol. The van der Waals surface area contributed by atoms with Gasteiger partial charge in [-0.3, -0.25) is 14.5 Å². The van der Waals surface area contributed by atoms with Crippen LogP contribution < -0.4 is 15.1 Å². The van der Waals surface area contributed by atoms with Crippen LogP contribution >= 0.6 is 11.3 Å². The third kappa shape index (κ3) is 4.14. The Balaban J connectivity index is 1.54. The van der Waals surface area contributed by atoms with Crippen LogP contribution in [0.4, 0.5) is 10.3 Å². The molecule has 25 heavy (non-hydrogen) atoms. The minimum absolute atomic E-state index is 0.0836. The maximum Gasteiger partial charge on any atom is 0.239 e. The highest BCUT2D eigenvalue weighted by Gasteiger charge is 2.25. The summed E-state index contributed by atoms with van der Waals surface area (Å²) in [5, 5.41) is 12.3. The Hall–Kier alpha value is -2.48. The molecule has 1 aromatic heterocycles. The zero-order chi connectivity index (χ0) is 17.8. The van der Waals surface area contributed by atoms with E-state index in [2.05, 4.69) is 15.5 Å². The molecule has 132 valence electrons. The Morgan fingerprint density at radius 1 is 1.36 bits per heavy atom. The number of benzene rings is 1. The van der Waals surface area contributed by atoms with Gasteiger partial charge in [-0.1, -0.05) is 35.6 Å². The van der Waals surface area contributed by atoms with E-state index in [1.54, 1.807) is 16.8 Å². The number of aromatic nitrogens is 2. The summed E-state index contributed by atoms with van der Waals surface area (Å²) in [5.74, 6) is 0.000999. The molecule has 3 rings (SSSR count). The fourth-order valence-electron chi connectivity index (χ4n) is 2.66. The fraction of sp³-hybridized carbons (Fsp3) is 0.412. The SMILES string of the molecule is Cc1ccccc1CNC(=O)CN(C)c1nnc(N2CCCC2=O)s1. The summed E-state index contributed by atoms with van der Waals surface area (Å²) in [4.78, 5) is 27.3. The van der Waals surface area contributed by atoms with Gasteiger partial charge in [0.2, 0.25) is 22.1 Å². The number of hydrogen-bond acceptors (Lipinski definition) is 6. The normalized spacial score (nSPS) is 14.0. The van der Waals surface area contributed by atoms with E-state index in [4.69, 9.17) is 0 Å². The van der Waals surface area contributed by atoms with E-state index in [9.17, 15) is 9.59 Å². The van der Waals surface area contributed by atoms with Gasteiger partial charge in [0.05, 0.1) is 6.54 Å². The molecule has 1 saturated heterocycles. The average Bonchev–Trinajstić information content (AvgIpc) is 3.22. The summed E-state index contributed by atoms with van der Waals surface area (Å²) in [6, 6.07) is 7.97. The Morgan fingerprint density at radius 2 is 2.16 bits per heavy atom. The van der Waals surface area contributed by atoms with Crippen LogP contribution in [0.3, 0.4) is 0 Å². The first-order chi connectivity index (χ1) is 12.0. The smallest absolute Gasteiger partial charge is 0.239 e. The summed E-state index contributed by atoms with van der Waals surface area (Å²) >= 11 is 1.33. The highest BCUT2D eigenvalue weighted by molar-refractivity contribution is 7.19. The second kappa shape index (κ2) is 7.60. The van der Waals surface area contributed by atoms with E-state index in [-0.39, 0.29) is 18.4 Å². The van der Waals surface area contributed by atoms with Crippen molar-refractivity contribution in [3.63, 3.8) is 0 Å². The summed E-state index contributed by atoms with van der Waals surface area (Å²) in [5.41, 5.74) is 2.25. The van der Waals surface area contributed by atoms with Crippen LogP contribution in [0.25, 0.3) is 0 Å². The van der Waals surface area contributed by atoms with Crippen molar-refractivity contribution in [2.75, 3.05) is 29.9 Å². The highest BCUT2D eigenvalue weighted by Crippen LogP contribution is 2.29. The molecule has 0 spiro atoms. The zero-order valence-corrected chi connectivity index (χ0v) is 15.2. The summed E-state index contributed by atoms with van der Waals surface area (Å²) < 4.78 is 0. The van der Waals surface area contributed by atoms with Gasteiger partial charge in [0.25, 0.3) is 0 Å². The Morgan fingerprint density at radius 3 is 2.88 bits per heavy atom. The topological polar surface area (TPSA) is 78.4 Å². The van der Waals surface area contributed by atoms with Crippen molar-refractivity contribution in [2.45, 2.75) is 26.3 Å². The molecule has 1 aliphatic rings. The molecule has 8 heteroatoms. The van der Waals surface area contributed by atoms with Crippen molar-refractivity contribution in [2.24, 2.45) is 0 Å². The maximum absolute atomic E-state index is 12.2. The first kappa shape index (κ1) is 17.3. The lowest BCUT2D eigenvalue weighted by Gasteiger charge is -2.15. The third-order valence-electron chi connectivity index (χ3n) is 4.15. The largest absolute Gasteiger partial charge is 0.350 e. The molecule has 0 unspecified atom stereocenters. The molecule has 0 atom stereocenters. The molecule has 1 aromatic carbocycles. The van der Waals surface area contributed by atoms with Crippen molar-refractivity contribution in [3.8, 4) is 0 Å². The highest BCUT2D eigenvalue weighted by atomic mass is 32.1. The average molecular weight is 359 g/mol. The fourth-order valence-corrected chi connectivity index (χ4v) is 3.51. The maximum atomic E-state index is 12.2. The van der Waals surface area contributed by atoms with Gasteiger partial charge in [0.15, 0.2) is 0 Å². The molecule has 1 fully saturated rings. The molecule has 0 saturated carbocycles. The number of amides is 2. The molecule has 0 aliphatic carbocycles. The predicted molar refractivity (Wildman–Crippen MR) is 97.8 cm³/mol. The number of carbonyl (C=O) groups excluding carboxylic acids is 2. The van der Waals surface area contributed by atoms with Crippen LogP contribution in [0, 0.1) is 6.92 Å². The third-order valence-corrected chi connectivity index (χ3v) is 5.21. The molecule has 0 radical (unpaired) electrons. The minimum Gasteiger partial charge on any atom is -0.350 e. The van der Waals surface area contributed by atoms with Gasteiger partial charge in [0, 0.05) is 26.6 Å². The molecule has 2 aromatic rings. The molecule has 2 heterocycles. The molecule has 1 N–H and O–H groups in total. The first-order valence-electron chi connectivity index (χ1n) is 8.21. The first-order valence-corrected chi connectivity index (χ1v) is 9.02. The van der Waals surface area contributed by atoms with Gasteiger partial charge >= 0.3 is 0 Å². The number of hydrogen-bond donors (Lipinski definition) is 1. The predicted octanol–water partition coefficient (Wildman–Crippen LogP) is 1.73. The van der Waals surface area contributed by atoms with Crippen molar-refractivity contribution in [1.29, 1.82) is 0 Å². The number of nitrogens with zero attached hydrogens (tertiary/aromatic N) is 4. The quantitative estimate of drug-likeness (QED) is 0.850. The van der Waals surface area contributed by atoms with Crippen LogP contribution in [-0.2, 0) is 16.1 Å². The van der Waals surface area contributed by atoms with Crippen LogP contribution in [-0.4, -0.2) is 42.1 Å². The summed E-state index contributed by atoms with van der Waals surface area (Å²) in [7, 11) is 1.80. The van der Waals surface area contributed by atoms with Gasteiger partial charge in [-0.15, -0.1) is 10.2 Å². The molecular formula is C17H21N5O2S. The minimum atomic E-state index is -0.0836. The van der Waals surface area contributed by atoms with Crippen molar-refractivity contribution < 1.29 is 9.59 Å². The van der Waals surface area contributed by atoms with Crippen molar-refractivity contribution >= 4 is 33.4 Å². The second-order valence-corrected chi connectivity index (χ2v) is 7.01. The standard InChI is InChI=1S/C17H21N5O2S/c1-12-6-3-4-7-13(12)10-18-14(23)11-21(2)16-19-20-17(25-16)22-9-5-8-15(22)24/h3-4,6-7H,5,8-11H2,1-2H3,(H,18,23). The Bertz CT molecular complexity index is 776. The van der Waals surface area contributed by atoms with E-state index in [1.807, 2.05) is 31.2 Å². The van der Waals surface area contributed by atoms with E-state index < -0.39 is 0 Å². The molecule has 1 aliphatic heterocycles. The number of carbonyl (C=O) groups is 2. The number of aryl methyl sites for hydroxylation is 1. The van der Waals surface area contributed by atoms with Gasteiger partial charge in [0.1, 0.15) is 0 Å². The van der Waals surface area contributed by atoms with E-state index in [0.717, 1.165) is 17.5 Å². The number of likely N-dealkylation sites (N-methyl/N-ethyl adjacent to an activating group) is 1. The molecule has 7 nitrogen and oxygen atoms in total. The summed E-state index contributed by atoms with van der Waals surface area (Å²) in [6.07, 6.45) is 1.41. The summed E-state index contributed by atoms with van der Waals surface area (Å²) in [6.45, 7) is 3.40. The number of rotatable bonds is 6. The van der Waals surface area contributed by atoms with Crippen LogP contribution in [0.5, 0.6) is 0 Å². The Kier molecular flexibility index (Phi) is 5.28. The van der Waals surface area contributed by atoms with Gasteiger partial charge in [-0.2, -0.15) is 0 Å². The number of nitrogens with one attached hydrogen (secondary N) is 1. The second-order valence-electron chi connectivity index (χ2n) is 6.08. The van der Waals surface area contributed by atoms with E-state index in [0.29, 0.717) is 29.8 Å². The van der Waals surface area contributed by atoms with Gasteiger partial charge in [-0.05, 0) is 24.5 Å². The zero-order valence-electron chi connectivity index (χ0n) is 14.4. The van der Waals surface area contributed by atoms with Crippen LogP contribution in [0.2, 0.25) is 0 Å². The van der Waals surface area contributed by atoms with Crippen molar-refractivity contribution in [3.05, 3.63) is 35.4 Å². The Labute approximate surface area is 150 Å². The van der Waals surface area contributed by atoms with E-state index in [1.165, 1.54) is 11.3 Å². The van der Waals surface area contributed by atoms with Crippen LogP contribution in [0.15, 0.2) is 24.3 Å². The molecule has 0 bridgehead atoms. The van der Waals surface area contributed by atoms with Crippen molar-refractivity contribution in [1.82, 2.24) is 15.5 Å². The van der Waals surface area contributed by atoms with Gasteiger partial charge in [-0.25, -0.2) is 0 Å². The van der Waals surface area contributed by atoms with Crippen LogP contribution in [0.1, 0.15) is 24.0 Å². The van der Waals surface area contributed by atoms with Gasteiger partial charge < -0.3 is 10.2 Å². The molecule has 2 amide bonds. The van der Waals surface area contributed by atoms with E-state index >= 15 is 0 Å². The lowest BCUT2D eigenvalue weighted by atomic mass is 10.1. The molecular weight excluding hydrogens is 338 g/mol. The number of anilines is 2.